The molecule has 2 rings (SSSR count). The highest BCUT2D eigenvalue weighted by Crippen LogP contribution is 2.22. The molecule has 0 radical (unpaired) electrons. The zero-order valence-electron chi connectivity index (χ0n) is 11.6. The van der Waals surface area contributed by atoms with Crippen LogP contribution in [0.2, 0.25) is 5.02 Å². The van der Waals surface area contributed by atoms with E-state index in [1.807, 2.05) is 25.1 Å². The summed E-state index contributed by atoms with van der Waals surface area (Å²) in [6.07, 6.45) is 0. The number of anilines is 1. The summed E-state index contributed by atoms with van der Waals surface area (Å²) in [5.74, 6) is -0.637. The summed E-state index contributed by atoms with van der Waals surface area (Å²) in [6, 6.07) is 12.3. The van der Waals surface area contributed by atoms with Gasteiger partial charge in [0.2, 0.25) is 0 Å². The van der Waals surface area contributed by atoms with Gasteiger partial charge >= 0.3 is 5.97 Å². The third-order valence-electron chi connectivity index (χ3n) is 2.91. The first-order valence-corrected chi connectivity index (χ1v) is 6.91. The number of para-hydroxylation sites is 1. The average molecular weight is 306 g/mol. The number of carboxylic acid groups (broad SMARTS) is 1. The van der Waals surface area contributed by atoms with E-state index in [1.54, 1.807) is 18.2 Å². The SMILES string of the molecule is Cc1ccc(Cl)c(NCCOc2ccccc2C(=O)O)c1. The second-order valence-electron chi connectivity index (χ2n) is 4.56. The number of halogens is 1. The number of aromatic carboxylic acids is 1. The zero-order chi connectivity index (χ0) is 15.2. The van der Waals surface area contributed by atoms with Crippen LogP contribution in [0.1, 0.15) is 15.9 Å². The van der Waals surface area contributed by atoms with Gasteiger partial charge in [-0.05, 0) is 36.8 Å². The zero-order valence-corrected chi connectivity index (χ0v) is 12.4. The Kier molecular flexibility index (Phi) is 5.06. The fourth-order valence-electron chi connectivity index (χ4n) is 1.89. The molecule has 0 saturated carbocycles. The lowest BCUT2D eigenvalue weighted by Gasteiger charge is -2.11. The van der Waals surface area contributed by atoms with E-state index in [1.165, 1.54) is 6.07 Å². The van der Waals surface area contributed by atoms with E-state index >= 15 is 0 Å². The maximum Gasteiger partial charge on any atom is 0.339 e. The predicted octanol–water partition coefficient (Wildman–Crippen LogP) is 3.84. The predicted molar refractivity (Wildman–Crippen MR) is 83.6 cm³/mol. The summed E-state index contributed by atoms with van der Waals surface area (Å²) in [4.78, 5) is 11.0. The van der Waals surface area contributed by atoms with Crippen LogP contribution in [0.25, 0.3) is 0 Å². The van der Waals surface area contributed by atoms with Crippen LogP contribution in [-0.4, -0.2) is 24.2 Å². The van der Waals surface area contributed by atoms with Crippen molar-refractivity contribution in [2.24, 2.45) is 0 Å². The third-order valence-corrected chi connectivity index (χ3v) is 3.24. The van der Waals surface area contributed by atoms with Gasteiger partial charge in [0.25, 0.3) is 0 Å². The van der Waals surface area contributed by atoms with Crippen molar-refractivity contribution in [1.29, 1.82) is 0 Å². The van der Waals surface area contributed by atoms with Gasteiger partial charge in [-0.15, -0.1) is 0 Å². The normalized spacial score (nSPS) is 10.2. The van der Waals surface area contributed by atoms with E-state index in [2.05, 4.69) is 5.32 Å². The van der Waals surface area contributed by atoms with Crippen LogP contribution >= 0.6 is 11.6 Å². The van der Waals surface area contributed by atoms with Crippen LogP contribution in [0, 0.1) is 6.92 Å². The van der Waals surface area contributed by atoms with Crippen LogP contribution in [0.3, 0.4) is 0 Å². The molecule has 21 heavy (non-hydrogen) atoms. The first kappa shape index (κ1) is 15.2. The number of aryl methyl sites for hydroxylation is 1. The molecule has 0 heterocycles. The molecule has 0 bridgehead atoms. The minimum Gasteiger partial charge on any atom is -0.491 e. The lowest BCUT2D eigenvalue weighted by atomic mass is 10.2. The standard InChI is InChI=1S/C16H16ClNO3/c1-11-6-7-13(17)14(10-11)18-8-9-21-15-5-3-2-4-12(15)16(19)20/h2-7,10,18H,8-9H2,1H3,(H,19,20). The summed E-state index contributed by atoms with van der Waals surface area (Å²) in [5, 5.41) is 12.9. The molecule has 5 heteroatoms. The van der Waals surface area contributed by atoms with Crippen molar-refractivity contribution in [3.05, 3.63) is 58.6 Å². The molecule has 4 nitrogen and oxygen atoms in total. The van der Waals surface area contributed by atoms with Gasteiger partial charge in [0, 0.05) is 6.54 Å². The van der Waals surface area contributed by atoms with Crippen LogP contribution in [0.5, 0.6) is 5.75 Å². The number of hydrogen-bond donors (Lipinski definition) is 2. The highest BCUT2D eigenvalue weighted by molar-refractivity contribution is 6.33. The van der Waals surface area contributed by atoms with Crippen LogP contribution in [0.15, 0.2) is 42.5 Å². The molecule has 0 aliphatic heterocycles. The molecule has 2 N–H and O–H groups in total. The number of carboxylic acids is 1. The van der Waals surface area contributed by atoms with E-state index in [0.717, 1.165) is 11.3 Å². The van der Waals surface area contributed by atoms with Gasteiger partial charge < -0.3 is 15.2 Å². The molecule has 0 saturated heterocycles. The topological polar surface area (TPSA) is 58.6 Å². The maximum atomic E-state index is 11.0. The lowest BCUT2D eigenvalue weighted by Crippen LogP contribution is -2.13. The summed E-state index contributed by atoms with van der Waals surface area (Å²) >= 11 is 6.08. The highest BCUT2D eigenvalue weighted by Gasteiger charge is 2.09. The summed E-state index contributed by atoms with van der Waals surface area (Å²) in [7, 11) is 0. The molecule has 0 spiro atoms. The largest absolute Gasteiger partial charge is 0.491 e. The molecule has 0 aromatic heterocycles. The summed E-state index contributed by atoms with van der Waals surface area (Å²) < 4.78 is 5.50. The highest BCUT2D eigenvalue weighted by atomic mass is 35.5. The lowest BCUT2D eigenvalue weighted by molar-refractivity contribution is 0.0692. The van der Waals surface area contributed by atoms with Crippen molar-refractivity contribution >= 4 is 23.3 Å². The van der Waals surface area contributed by atoms with Crippen molar-refractivity contribution in [1.82, 2.24) is 0 Å². The molecule has 0 atom stereocenters. The van der Waals surface area contributed by atoms with Crippen LogP contribution in [0.4, 0.5) is 5.69 Å². The van der Waals surface area contributed by atoms with Crippen LogP contribution in [-0.2, 0) is 0 Å². The molecule has 0 amide bonds. The Labute approximate surface area is 128 Å². The molecule has 0 aliphatic carbocycles. The van der Waals surface area contributed by atoms with Crippen LogP contribution < -0.4 is 10.1 Å². The fourth-order valence-corrected chi connectivity index (χ4v) is 2.07. The molecule has 0 aliphatic rings. The number of benzene rings is 2. The quantitative estimate of drug-likeness (QED) is 0.796. The van der Waals surface area contributed by atoms with Gasteiger partial charge in [-0.3, -0.25) is 0 Å². The molecule has 110 valence electrons. The molecular weight excluding hydrogens is 290 g/mol. The maximum absolute atomic E-state index is 11.0. The Morgan fingerprint density at radius 1 is 1.29 bits per heavy atom. The van der Waals surface area contributed by atoms with Gasteiger partial charge in [0.1, 0.15) is 17.9 Å². The molecular formula is C16H16ClNO3. The van der Waals surface area contributed by atoms with E-state index in [0.29, 0.717) is 23.9 Å². The minimum absolute atomic E-state index is 0.158. The van der Waals surface area contributed by atoms with Gasteiger partial charge in [-0.2, -0.15) is 0 Å². The molecule has 2 aromatic carbocycles. The van der Waals surface area contributed by atoms with Crippen molar-refractivity contribution in [3.63, 3.8) is 0 Å². The van der Waals surface area contributed by atoms with Gasteiger partial charge in [0.15, 0.2) is 0 Å². The van der Waals surface area contributed by atoms with Gasteiger partial charge in [-0.25, -0.2) is 4.79 Å². The van der Waals surface area contributed by atoms with Gasteiger partial charge in [0.05, 0.1) is 10.7 Å². The van der Waals surface area contributed by atoms with Crippen molar-refractivity contribution in [2.45, 2.75) is 6.92 Å². The second kappa shape index (κ2) is 6.99. The number of hydrogen-bond acceptors (Lipinski definition) is 3. The average Bonchev–Trinajstić information content (AvgIpc) is 2.47. The van der Waals surface area contributed by atoms with E-state index < -0.39 is 5.97 Å². The van der Waals surface area contributed by atoms with Crippen molar-refractivity contribution < 1.29 is 14.6 Å². The number of ether oxygens (including phenoxy) is 1. The minimum atomic E-state index is -1.000. The molecule has 0 fully saturated rings. The monoisotopic (exact) mass is 305 g/mol. The Bertz CT molecular complexity index is 643. The summed E-state index contributed by atoms with van der Waals surface area (Å²) in [5.41, 5.74) is 2.11. The number of carbonyl (C=O) groups is 1. The Hall–Kier alpha value is -2.20. The van der Waals surface area contributed by atoms with Crippen molar-refractivity contribution in [3.8, 4) is 5.75 Å². The first-order chi connectivity index (χ1) is 10.1. The molecule has 0 unspecified atom stereocenters. The third kappa shape index (κ3) is 4.13. The second-order valence-corrected chi connectivity index (χ2v) is 4.97. The Morgan fingerprint density at radius 2 is 2.05 bits per heavy atom. The molecule has 2 aromatic rings. The fraction of sp³-hybridized carbons (Fsp3) is 0.188. The van der Waals surface area contributed by atoms with E-state index in [-0.39, 0.29) is 5.56 Å². The Morgan fingerprint density at radius 3 is 2.81 bits per heavy atom. The van der Waals surface area contributed by atoms with E-state index in [9.17, 15) is 4.79 Å². The van der Waals surface area contributed by atoms with Gasteiger partial charge in [-0.1, -0.05) is 29.8 Å². The smallest absolute Gasteiger partial charge is 0.339 e. The Balaban J connectivity index is 1.91. The van der Waals surface area contributed by atoms with Crippen molar-refractivity contribution in [2.75, 3.05) is 18.5 Å². The number of rotatable bonds is 6. The summed E-state index contributed by atoms with van der Waals surface area (Å²) in [6.45, 7) is 2.85. The van der Waals surface area contributed by atoms with E-state index in [4.69, 9.17) is 21.4 Å². The first-order valence-electron chi connectivity index (χ1n) is 6.53. The number of nitrogens with one attached hydrogen (secondary N) is 1.